The van der Waals surface area contributed by atoms with Crippen LogP contribution in [0.25, 0.3) is 0 Å². The van der Waals surface area contributed by atoms with E-state index in [9.17, 15) is 4.79 Å². The minimum atomic E-state index is -0.276. The Kier molecular flexibility index (Phi) is 5.55. The van der Waals surface area contributed by atoms with Crippen molar-refractivity contribution in [2.45, 2.75) is 32.8 Å². The normalized spacial score (nSPS) is 11.3. The van der Waals surface area contributed by atoms with E-state index in [1.807, 2.05) is 26.2 Å². The molecular formula is C12H20N2O3S. The Morgan fingerprint density at radius 3 is 2.89 bits per heavy atom. The first-order chi connectivity index (χ1) is 8.46. The van der Waals surface area contributed by atoms with Crippen LogP contribution in [0.15, 0.2) is 5.38 Å². The molecule has 0 aliphatic carbocycles. The number of hydrogen-bond donors (Lipinski definition) is 1. The number of anilines is 1. The maximum atomic E-state index is 11.1. The lowest BCUT2D eigenvalue weighted by molar-refractivity contribution is -0.139. The lowest BCUT2D eigenvalue weighted by Gasteiger charge is -2.24. The van der Waals surface area contributed by atoms with Crippen molar-refractivity contribution in [1.29, 1.82) is 0 Å². The van der Waals surface area contributed by atoms with Crippen LogP contribution in [0.2, 0.25) is 0 Å². The third kappa shape index (κ3) is 5.01. The molecule has 0 bridgehead atoms. The summed E-state index contributed by atoms with van der Waals surface area (Å²) in [7, 11) is 1.37. The first-order valence-electron chi connectivity index (χ1n) is 5.86. The topological polar surface area (TPSA) is 60.5 Å². The van der Waals surface area contributed by atoms with Crippen molar-refractivity contribution in [3.05, 3.63) is 11.1 Å². The molecule has 0 saturated carbocycles. The number of methoxy groups -OCH3 is 1. The van der Waals surface area contributed by atoms with Gasteiger partial charge in [-0.1, -0.05) is 0 Å². The van der Waals surface area contributed by atoms with Gasteiger partial charge in [-0.15, -0.1) is 11.3 Å². The van der Waals surface area contributed by atoms with Crippen LogP contribution < -0.4 is 5.32 Å². The Morgan fingerprint density at radius 1 is 1.56 bits per heavy atom. The van der Waals surface area contributed by atoms with E-state index in [2.05, 4.69) is 15.0 Å². The molecule has 6 heteroatoms. The van der Waals surface area contributed by atoms with Crippen molar-refractivity contribution in [3.8, 4) is 0 Å². The van der Waals surface area contributed by atoms with E-state index in [1.165, 1.54) is 18.4 Å². The van der Waals surface area contributed by atoms with E-state index in [0.29, 0.717) is 13.2 Å². The maximum absolute atomic E-state index is 11.1. The van der Waals surface area contributed by atoms with Gasteiger partial charge in [0.25, 0.3) is 0 Å². The molecule has 1 heterocycles. The summed E-state index contributed by atoms with van der Waals surface area (Å²) in [4.78, 5) is 15.4. The molecule has 1 aromatic rings. The Hall–Kier alpha value is -1.14. The molecular weight excluding hydrogens is 252 g/mol. The number of aromatic nitrogens is 1. The fourth-order valence-electron chi connectivity index (χ4n) is 1.42. The number of carbonyl (C=O) groups is 1. The predicted molar refractivity (Wildman–Crippen MR) is 72.0 cm³/mol. The van der Waals surface area contributed by atoms with Gasteiger partial charge in [-0.05, 0) is 20.8 Å². The number of hydrogen-bond acceptors (Lipinski definition) is 6. The molecule has 102 valence electrons. The van der Waals surface area contributed by atoms with Gasteiger partial charge in [0.2, 0.25) is 0 Å². The fourth-order valence-corrected chi connectivity index (χ4v) is 2.13. The lowest BCUT2D eigenvalue weighted by Crippen LogP contribution is -2.33. The second-order valence-electron chi connectivity index (χ2n) is 4.44. The number of rotatable bonds is 7. The number of esters is 1. The lowest BCUT2D eigenvalue weighted by atomic mass is 10.1. The highest BCUT2D eigenvalue weighted by Gasteiger charge is 2.18. The quantitative estimate of drug-likeness (QED) is 0.770. The molecule has 0 amide bonds. The molecule has 0 aromatic carbocycles. The summed E-state index contributed by atoms with van der Waals surface area (Å²) in [6.07, 6.45) is 0.212. The highest BCUT2D eigenvalue weighted by atomic mass is 32.1. The Balaban J connectivity index is 2.46. The molecule has 1 rings (SSSR count). The monoisotopic (exact) mass is 272 g/mol. The van der Waals surface area contributed by atoms with E-state index in [-0.39, 0.29) is 18.0 Å². The van der Waals surface area contributed by atoms with Gasteiger partial charge in [-0.25, -0.2) is 4.98 Å². The number of thiazole rings is 1. The second kappa shape index (κ2) is 6.70. The van der Waals surface area contributed by atoms with Crippen LogP contribution in [0.4, 0.5) is 5.13 Å². The van der Waals surface area contributed by atoms with Crippen molar-refractivity contribution in [3.63, 3.8) is 0 Å². The zero-order valence-electron chi connectivity index (χ0n) is 11.3. The molecule has 18 heavy (non-hydrogen) atoms. The van der Waals surface area contributed by atoms with Crippen molar-refractivity contribution in [2.75, 3.05) is 25.6 Å². The van der Waals surface area contributed by atoms with Crippen LogP contribution in [-0.2, 0) is 20.7 Å². The summed E-state index contributed by atoms with van der Waals surface area (Å²) in [6, 6.07) is 0. The average molecular weight is 272 g/mol. The zero-order chi connectivity index (χ0) is 13.6. The molecule has 5 nitrogen and oxygen atoms in total. The van der Waals surface area contributed by atoms with Crippen molar-refractivity contribution in [1.82, 2.24) is 4.98 Å². The molecule has 0 aliphatic rings. The summed E-state index contributed by atoms with van der Waals surface area (Å²) in [5.41, 5.74) is 0.492. The highest BCUT2D eigenvalue weighted by molar-refractivity contribution is 7.13. The van der Waals surface area contributed by atoms with Crippen LogP contribution in [0, 0.1) is 0 Å². The van der Waals surface area contributed by atoms with Gasteiger partial charge in [0, 0.05) is 18.5 Å². The molecule has 0 unspecified atom stereocenters. The maximum Gasteiger partial charge on any atom is 0.311 e. The third-order valence-electron chi connectivity index (χ3n) is 2.31. The van der Waals surface area contributed by atoms with Crippen LogP contribution in [0.3, 0.4) is 0 Å². The third-order valence-corrected chi connectivity index (χ3v) is 3.15. The molecule has 0 aliphatic heterocycles. The Labute approximate surface area is 112 Å². The number of ether oxygens (including phenoxy) is 2. The first kappa shape index (κ1) is 14.9. The van der Waals surface area contributed by atoms with Crippen LogP contribution in [0.5, 0.6) is 0 Å². The Bertz CT molecular complexity index is 390. The first-order valence-corrected chi connectivity index (χ1v) is 6.74. The van der Waals surface area contributed by atoms with Gasteiger partial charge < -0.3 is 14.8 Å². The van der Waals surface area contributed by atoms with E-state index < -0.39 is 0 Å². The number of nitrogens with one attached hydrogen (secondary N) is 1. The summed E-state index contributed by atoms with van der Waals surface area (Å²) in [6.45, 7) is 7.37. The van der Waals surface area contributed by atoms with Crippen LogP contribution in [-0.4, -0.2) is 36.8 Å². The molecule has 0 radical (unpaired) electrons. The van der Waals surface area contributed by atoms with Gasteiger partial charge in [0.05, 0.1) is 24.8 Å². The van der Waals surface area contributed by atoms with Gasteiger partial charge in [-0.3, -0.25) is 4.79 Å². The SMILES string of the molecule is CCOC(C)(C)CNc1nc(CC(=O)OC)cs1. The van der Waals surface area contributed by atoms with Crippen LogP contribution >= 0.6 is 11.3 Å². The van der Waals surface area contributed by atoms with E-state index >= 15 is 0 Å². The van der Waals surface area contributed by atoms with Gasteiger partial charge >= 0.3 is 5.97 Å². The Morgan fingerprint density at radius 2 is 2.28 bits per heavy atom. The minimum Gasteiger partial charge on any atom is -0.469 e. The summed E-state index contributed by atoms with van der Waals surface area (Å²) in [5, 5.41) is 5.86. The largest absolute Gasteiger partial charge is 0.469 e. The molecule has 1 N–H and O–H groups in total. The molecule has 0 saturated heterocycles. The molecule has 0 fully saturated rings. The van der Waals surface area contributed by atoms with Gasteiger partial charge in [-0.2, -0.15) is 0 Å². The molecule has 0 atom stereocenters. The smallest absolute Gasteiger partial charge is 0.311 e. The number of carbonyl (C=O) groups excluding carboxylic acids is 1. The summed E-state index contributed by atoms with van der Waals surface area (Å²) >= 11 is 1.48. The van der Waals surface area contributed by atoms with Crippen LogP contribution in [0.1, 0.15) is 26.5 Å². The zero-order valence-corrected chi connectivity index (χ0v) is 12.1. The minimum absolute atomic E-state index is 0.212. The highest BCUT2D eigenvalue weighted by Crippen LogP contribution is 2.18. The van der Waals surface area contributed by atoms with Gasteiger partial charge in [0.15, 0.2) is 5.13 Å². The van der Waals surface area contributed by atoms with E-state index in [4.69, 9.17) is 4.74 Å². The predicted octanol–water partition coefficient (Wildman–Crippen LogP) is 2.09. The fraction of sp³-hybridized carbons (Fsp3) is 0.667. The molecule has 0 spiro atoms. The van der Waals surface area contributed by atoms with E-state index in [0.717, 1.165) is 10.8 Å². The average Bonchev–Trinajstić information content (AvgIpc) is 2.74. The second-order valence-corrected chi connectivity index (χ2v) is 5.30. The summed E-state index contributed by atoms with van der Waals surface area (Å²) < 4.78 is 10.2. The van der Waals surface area contributed by atoms with Crippen molar-refractivity contribution in [2.24, 2.45) is 0 Å². The summed E-state index contributed by atoms with van der Waals surface area (Å²) in [5.74, 6) is -0.276. The number of nitrogens with zero attached hydrogens (tertiary/aromatic N) is 1. The van der Waals surface area contributed by atoms with E-state index in [1.54, 1.807) is 0 Å². The van der Waals surface area contributed by atoms with Gasteiger partial charge in [0.1, 0.15) is 0 Å². The molecule has 1 aromatic heterocycles. The standard InChI is InChI=1S/C12H20N2O3S/c1-5-17-12(2,3)8-13-11-14-9(7-18-11)6-10(15)16-4/h7H,5-6,8H2,1-4H3,(H,13,14). The van der Waals surface area contributed by atoms with Crippen molar-refractivity contribution < 1.29 is 14.3 Å². The van der Waals surface area contributed by atoms with Crippen molar-refractivity contribution >= 4 is 22.4 Å².